The van der Waals surface area contributed by atoms with E-state index < -0.39 is 0 Å². The Bertz CT molecular complexity index is 2540. The van der Waals surface area contributed by atoms with Gasteiger partial charge in [-0.05, 0) is 41.1 Å². The van der Waals surface area contributed by atoms with E-state index in [0.29, 0.717) is 5.82 Å². The molecule has 9 aromatic rings. The fourth-order valence-corrected chi connectivity index (χ4v) is 6.33. The largest absolute Gasteiger partial charge is 0.245 e. The molecule has 0 aliphatic rings. The summed E-state index contributed by atoms with van der Waals surface area (Å²) in [7, 11) is 0. The second-order valence-electron chi connectivity index (χ2n) is 11.9. The fraction of sp³-hybridized carbons (Fsp3) is 0. The topological polar surface area (TPSA) is 51.6 Å². The normalized spacial score (nSPS) is 11.3. The first kappa shape index (κ1) is 27.8. The SMILES string of the molecule is c1ccc(-c2cc(-c3ccc4cc(-c5ccc6ccc7ccc(-c8ccccc8)nc7c6n5)ccc4c3)nc(-c3ccccc3)n2)cc1. The Hall–Kier alpha value is -6.52. The van der Waals surface area contributed by atoms with E-state index in [9.17, 15) is 0 Å². The van der Waals surface area contributed by atoms with E-state index in [1.165, 1.54) is 0 Å². The first-order chi connectivity index (χ1) is 23.7. The highest BCUT2D eigenvalue weighted by atomic mass is 14.9. The summed E-state index contributed by atoms with van der Waals surface area (Å²) in [5.41, 5.74) is 10.7. The van der Waals surface area contributed by atoms with Crippen molar-refractivity contribution in [3.63, 3.8) is 0 Å². The third-order valence-corrected chi connectivity index (χ3v) is 8.85. The number of hydrogen-bond donors (Lipinski definition) is 0. The van der Waals surface area contributed by atoms with Crippen molar-refractivity contribution >= 4 is 32.6 Å². The minimum atomic E-state index is 0.711. The third kappa shape index (κ3) is 5.16. The van der Waals surface area contributed by atoms with Crippen LogP contribution in [0.4, 0.5) is 0 Å². The maximum absolute atomic E-state index is 5.18. The molecule has 224 valence electrons. The smallest absolute Gasteiger partial charge is 0.160 e. The van der Waals surface area contributed by atoms with Crippen LogP contribution in [-0.4, -0.2) is 19.9 Å². The number of aromatic nitrogens is 4. The van der Waals surface area contributed by atoms with Crippen molar-refractivity contribution in [2.75, 3.05) is 0 Å². The standard InChI is InChI=1S/C44H28N4/c1-4-10-29(11-5-1)38-24-22-31-16-17-32-23-25-39(46-43(32)42(31)45-38)36-20-18-35-27-37(21-19-34(35)26-36)41-28-40(30-12-6-2-7-13-30)47-44(48-41)33-14-8-3-9-15-33/h1-28H. The van der Waals surface area contributed by atoms with E-state index in [1.807, 2.05) is 54.6 Å². The average molecular weight is 613 g/mol. The third-order valence-electron chi connectivity index (χ3n) is 8.85. The molecule has 0 saturated heterocycles. The molecule has 0 atom stereocenters. The number of hydrogen-bond acceptors (Lipinski definition) is 4. The lowest BCUT2D eigenvalue weighted by Crippen LogP contribution is -1.95. The molecule has 0 N–H and O–H groups in total. The van der Waals surface area contributed by atoms with E-state index in [0.717, 1.165) is 83.2 Å². The Morgan fingerprint density at radius 2 is 0.646 bits per heavy atom. The van der Waals surface area contributed by atoms with Crippen LogP contribution in [0, 0.1) is 0 Å². The molecule has 0 radical (unpaired) electrons. The Morgan fingerprint density at radius 3 is 1.19 bits per heavy atom. The highest BCUT2D eigenvalue weighted by molar-refractivity contribution is 6.04. The number of rotatable bonds is 5. The first-order valence-corrected chi connectivity index (χ1v) is 16.1. The highest BCUT2D eigenvalue weighted by Crippen LogP contribution is 2.33. The van der Waals surface area contributed by atoms with Crippen LogP contribution in [0.3, 0.4) is 0 Å². The first-order valence-electron chi connectivity index (χ1n) is 16.1. The van der Waals surface area contributed by atoms with Crippen molar-refractivity contribution in [3.8, 4) is 56.4 Å². The molecule has 0 amide bonds. The van der Waals surface area contributed by atoms with E-state index in [2.05, 4.69) is 115 Å². The van der Waals surface area contributed by atoms with E-state index in [1.54, 1.807) is 0 Å². The lowest BCUT2D eigenvalue weighted by atomic mass is 10.00. The predicted molar refractivity (Wildman–Crippen MR) is 197 cm³/mol. The minimum absolute atomic E-state index is 0.711. The number of pyridine rings is 2. The molecule has 0 aliphatic heterocycles. The quantitative estimate of drug-likeness (QED) is 0.181. The Balaban J connectivity index is 1.11. The van der Waals surface area contributed by atoms with Crippen molar-refractivity contribution in [2.45, 2.75) is 0 Å². The van der Waals surface area contributed by atoms with Gasteiger partial charge in [0.15, 0.2) is 5.82 Å². The van der Waals surface area contributed by atoms with Gasteiger partial charge < -0.3 is 0 Å². The monoisotopic (exact) mass is 612 g/mol. The van der Waals surface area contributed by atoms with Gasteiger partial charge in [-0.15, -0.1) is 0 Å². The molecule has 0 fully saturated rings. The van der Waals surface area contributed by atoms with Crippen molar-refractivity contribution < 1.29 is 0 Å². The van der Waals surface area contributed by atoms with Crippen LogP contribution in [0.5, 0.6) is 0 Å². The lowest BCUT2D eigenvalue weighted by Gasteiger charge is -2.11. The summed E-state index contributed by atoms with van der Waals surface area (Å²) < 4.78 is 0. The zero-order valence-corrected chi connectivity index (χ0v) is 26.0. The summed E-state index contributed by atoms with van der Waals surface area (Å²) in [6, 6.07) is 58.6. The number of nitrogens with zero attached hydrogens (tertiary/aromatic N) is 4. The van der Waals surface area contributed by atoms with Crippen LogP contribution >= 0.6 is 0 Å². The lowest BCUT2D eigenvalue weighted by molar-refractivity contribution is 1.18. The van der Waals surface area contributed by atoms with Gasteiger partial charge in [-0.25, -0.2) is 19.9 Å². The minimum Gasteiger partial charge on any atom is -0.245 e. The van der Waals surface area contributed by atoms with Crippen molar-refractivity contribution in [3.05, 3.63) is 170 Å². The number of benzene rings is 6. The Kier molecular flexibility index (Phi) is 6.76. The molecule has 6 aromatic carbocycles. The Labute approximate surface area is 278 Å². The molecule has 0 unspecified atom stereocenters. The van der Waals surface area contributed by atoms with Gasteiger partial charge in [0, 0.05) is 38.6 Å². The van der Waals surface area contributed by atoms with Gasteiger partial charge in [0.2, 0.25) is 0 Å². The zero-order chi connectivity index (χ0) is 31.9. The van der Waals surface area contributed by atoms with Gasteiger partial charge in [-0.1, -0.05) is 140 Å². The van der Waals surface area contributed by atoms with Crippen LogP contribution in [0.1, 0.15) is 0 Å². The van der Waals surface area contributed by atoms with Crippen LogP contribution in [0.2, 0.25) is 0 Å². The second kappa shape index (κ2) is 11.7. The van der Waals surface area contributed by atoms with Crippen molar-refractivity contribution in [1.82, 2.24) is 19.9 Å². The fourth-order valence-electron chi connectivity index (χ4n) is 6.33. The molecular weight excluding hydrogens is 585 g/mol. The van der Waals surface area contributed by atoms with Gasteiger partial charge in [0.25, 0.3) is 0 Å². The van der Waals surface area contributed by atoms with Crippen LogP contribution in [0.25, 0.3) is 89.0 Å². The molecular formula is C44H28N4. The van der Waals surface area contributed by atoms with Crippen LogP contribution in [-0.2, 0) is 0 Å². The summed E-state index contributed by atoms with van der Waals surface area (Å²) in [5, 5.41) is 4.43. The van der Waals surface area contributed by atoms with Crippen LogP contribution < -0.4 is 0 Å². The molecule has 0 spiro atoms. The summed E-state index contributed by atoms with van der Waals surface area (Å²) in [4.78, 5) is 20.2. The van der Waals surface area contributed by atoms with Crippen molar-refractivity contribution in [1.29, 1.82) is 0 Å². The van der Waals surface area contributed by atoms with Gasteiger partial charge in [-0.2, -0.15) is 0 Å². The highest BCUT2D eigenvalue weighted by Gasteiger charge is 2.13. The molecule has 0 bridgehead atoms. The molecule has 48 heavy (non-hydrogen) atoms. The van der Waals surface area contributed by atoms with Gasteiger partial charge in [0.1, 0.15) is 0 Å². The van der Waals surface area contributed by atoms with Gasteiger partial charge in [-0.3, -0.25) is 0 Å². The summed E-state index contributed by atoms with van der Waals surface area (Å²) in [5.74, 6) is 0.711. The van der Waals surface area contributed by atoms with E-state index in [4.69, 9.17) is 19.9 Å². The van der Waals surface area contributed by atoms with Gasteiger partial charge in [0.05, 0.1) is 33.8 Å². The van der Waals surface area contributed by atoms with Crippen molar-refractivity contribution in [2.24, 2.45) is 0 Å². The maximum Gasteiger partial charge on any atom is 0.160 e. The Morgan fingerprint density at radius 1 is 0.250 bits per heavy atom. The molecule has 4 nitrogen and oxygen atoms in total. The van der Waals surface area contributed by atoms with E-state index in [-0.39, 0.29) is 0 Å². The second-order valence-corrected chi connectivity index (χ2v) is 11.9. The van der Waals surface area contributed by atoms with Gasteiger partial charge >= 0.3 is 0 Å². The molecule has 4 heteroatoms. The molecule has 0 saturated carbocycles. The summed E-state index contributed by atoms with van der Waals surface area (Å²) in [6.45, 7) is 0. The number of fused-ring (bicyclic) bond motifs is 4. The van der Waals surface area contributed by atoms with Crippen LogP contribution in [0.15, 0.2) is 170 Å². The maximum atomic E-state index is 5.18. The summed E-state index contributed by atoms with van der Waals surface area (Å²) in [6.07, 6.45) is 0. The molecule has 0 aliphatic carbocycles. The average Bonchev–Trinajstić information content (AvgIpc) is 3.18. The van der Waals surface area contributed by atoms with E-state index >= 15 is 0 Å². The molecule has 9 rings (SSSR count). The predicted octanol–water partition coefficient (Wildman–Crippen LogP) is 11.1. The molecule has 3 aromatic heterocycles. The summed E-state index contributed by atoms with van der Waals surface area (Å²) >= 11 is 0. The zero-order valence-electron chi connectivity index (χ0n) is 26.0. The molecule has 3 heterocycles.